The third-order valence-corrected chi connectivity index (χ3v) is 8.70. The quantitative estimate of drug-likeness (QED) is 0.179. The molecule has 0 unspecified atom stereocenters. The Labute approximate surface area is 281 Å². The zero-order chi connectivity index (χ0) is 32.1. The normalized spacial score (nSPS) is 10.9. The first-order chi connectivity index (χ1) is 23.8. The fourth-order valence-corrected chi connectivity index (χ4v) is 6.17. The first-order valence-corrected chi connectivity index (χ1v) is 16.2. The second-order valence-corrected chi connectivity index (χ2v) is 11.9. The lowest BCUT2D eigenvalue weighted by atomic mass is 9.96. The van der Waals surface area contributed by atoms with E-state index in [4.69, 9.17) is 9.97 Å². The summed E-state index contributed by atoms with van der Waals surface area (Å²) in [6, 6.07) is 68.1. The Morgan fingerprint density at radius 3 is 1.00 bits per heavy atom. The molecule has 2 heteroatoms. The van der Waals surface area contributed by atoms with E-state index in [2.05, 4.69) is 176 Å². The molecule has 1 heterocycles. The lowest BCUT2D eigenvalue weighted by Gasteiger charge is -2.12. The van der Waals surface area contributed by atoms with Crippen LogP contribution in [0, 0.1) is 0 Å². The summed E-state index contributed by atoms with van der Waals surface area (Å²) >= 11 is 0. The molecule has 0 atom stereocenters. The Hall–Kier alpha value is -6.38. The molecule has 0 amide bonds. The van der Waals surface area contributed by atoms with Crippen LogP contribution < -0.4 is 0 Å². The maximum Gasteiger partial charge on any atom is 0.160 e. The van der Waals surface area contributed by atoms with Gasteiger partial charge in [-0.3, -0.25) is 0 Å². The molecule has 0 spiro atoms. The van der Waals surface area contributed by atoms with E-state index < -0.39 is 0 Å². The van der Waals surface area contributed by atoms with Crippen molar-refractivity contribution in [3.63, 3.8) is 0 Å². The standard InChI is InChI=1S/C46H32N2/c1-4-13-33(14-5-1)38-19-10-21-40(29-38)35-25-27-36(28-26-35)44-32-45(48-46(47-44)37-17-8-3-9-18-37)43-24-12-23-42(31-43)41-22-11-20-39(30-41)34-15-6-2-7-16-34/h1-32H. The Balaban J connectivity index is 1.16. The molecule has 0 aliphatic heterocycles. The summed E-state index contributed by atoms with van der Waals surface area (Å²) < 4.78 is 0. The molecule has 0 saturated heterocycles. The van der Waals surface area contributed by atoms with Crippen LogP contribution in [0.15, 0.2) is 194 Å². The van der Waals surface area contributed by atoms with Crippen molar-refractivity contribution in [1.82, 2.24) is 9.97 Å². The molecular formula is C46H32N2. The minimum Gasteiger partial charge on any atom is -0.228 e. The third-order valence-electron chi connectivity index (χ3n) is 8.70. The van der Waals surface area contributed by atoms with Gasteiger partial charge in [0.15, 0.2) is 5.82 Å². The number of aromatic nitrogens is 2. The zero-order valence-electron chi connectivity index (χ0n) is 26.4. The van der Waals surface area contributed by atoms with Crippen molar-refractivity contribution in [2.45, 2.75) is 0 Å². The van der Waals surface area contributed by atoms with E-state index >= 15 is 0 Å². The maximum absolute atomic E-state index is 5.09. The van der Waals surface area contributed by atoms with Crippen LogP contribution >= 0.6 is 0 Å². The predicted octanol–water partition coefficient (Wildman–Crippen LogP) is 12.1. The number of nitrogens with zero attached hydrogens (tertiary/aromatic N) is 2. The average molecular weight is 613 g/mol. The van der Waals surface area contributed by atoms with Gasteiger partial charge in [-0.2, -0.15) is 0 Å². The van der Waals surface area contributed by atoms with Crippen molar-refractivity contribution >= 4 is 0 Å². The number of hydrogen-bond acceptors (Lipinski definition) is 2. The Morgan fingerprint density at radius 2 is 0.521 bits per heavy atom. The van der Waals surface area contributed by atoms with Gasteiger partial charge in [-0.05, 0) is 68.8 Å². The van der Waals surface area contributed by atoms with Gasteiger partial charge in [0.05, 0.1) is 11.4 Å². The molecular weight excluding hydrogens is 581 g/mol. The molecule has 1 aromatic heterocycles. The van der Waals surface area contributed by atoms with Gasteiger partial charge in [0.2, 0.25) is 0 Å². The summed E-state index contributed by atoms with van der Waals surface area (Å²) in [5, 5.41) is 0. The van der Waals surface area contributed by atoms with Crippen LogP contribution in [0.5, 0.6) is 0 Å². The van der Waals surface area contributed by atoms with E-state index in [1.54, 1.807) is 0 Å². The third kappa shape index (κ3) is 6.20. The van der Waals surface area contributed by atoms with Gasteiger partial charge >= 0.3 is 0 Å². The molecule has 226 valence electrons. The molecule has 8 aromatic rings. The second kappa shape index (κ2) is 13.2. The number of hydrogen-bond donors (Lipinski definition) is 0. The first-order valence-electron chi connectivity index (χ1n) is 16.2. The van der Waals surface area contributed by atoms with Crippen LogP contribution in [0.25, 0.3) is 78.4 Å². The van der Waals surface area contributed by atoms with Crippen molar-refractivity contribution in [3.8, 4) is 78.4 Å². The largest absolute Gasteiger partial charge is 0.228 e. The SMILES string of the molecule is c1ccc(-c2cccc(-c3ccc(-c4cc(-c5cccc(-c6cccc(-c7ccccc7)c6)c5)nc(-c5ccccc5)n4)cc3)c2)cc1. The highest BCUT2D eigenvalue weighted by Crippen LogP contribution is 2.33. The number of rotatable bonds is 7. The summed E-state index contributed by atoms with van der Waals surface area (Å²) in [5.74, 6) is 0.708. The number of benzene rings is 7. The van der Waals surface area contributed by atoms with Crippen LogP contribution in [0.1, 0.15) is 0 Å². The highest BCUT2D eigenvalue weighted by molar-refractivity contribution is 5.79. The van der Waals surface area contributed by atoms with Gasteiger partial charge < -0.3 is 0 Å². The monoisotopic (exact) mass is 612 g/mol. The van der Waals surface area contributed by atoms with E-state index in [1.165, 1.54) is 38.9 Å². The van der Waals surface area contributed by atoms with Crippen molar-refractivity contribution < 1.29 is 0 Å². The second-order valence-electron chi connectivity index (χ2n) is 11.9. The van der Waals surface area contributed by atoms with Crippen LogP contribution in [-0.4, -0.2) is 9.97 Å². The van der Waals surface area contributed by atoms with Crippen molar-refractivity contribution in [2.24, 2.45) is 0 Å². The molecule has 0 aliphatic carbocycles. The van der Waals surface area contributed by atoms with Crippen molar-refractivity contribution in [2.75, 3.05) is 0 Å². The fraction of sp³-hybridized carbons (Fsp3) is 0. The summed E-state index contributed by atoms with van der Waals surface area (Å²) in [6.07, 6.45) is 0. The van der Waals surface area contributed by atoms with Gasteiger partial charge in [-0.15, -0.1) is 0 Å². The molecule has 7 aromatic carbocycles. The molecule has 0 bridgehead atoms. The lowest BCUT2D eigenvalue weighted by molar-refractivity contribution is 1.18. The van der Waals surface area contributed by atoms with Gasteiger partial charge in [-0.1, -0.05) is 170 Å². The Bertz CT molecular complexity index is 2310. The zero-order valence-corrected chi connectivity index (χ0v) is 26.4. The van der Waals surface area contributed by atoms with Gasteiger partial charge in [-0.25, -0.2) is 9.97 Å². The summed E-state index contributed by atoms with van der Waals surface area (Å²) in [7, 11) is 0. The van der Waals surface area contributed by atoms with Crippen LogP contribution in [-0.2, 0) is 0 Å². The Morgan fingerprint density at radius 1 is 0.208 bits per heavy atom. The molecule has 0 N–H and O–H groups in total. The summed E-state index contributed by atoms with van der Waals surface area (Å²) in [6.45, 7) is 0. The summed E-state index contributed by atoms with van der Waals surface area (Å²) in [5.41, 5.74) is 14.4. The van der Waals surface area contributed by atoms with E-state index in [0.717, 1.165) is 33.6 Å². The van der Waals surface area contributed by atoms with E-state index in [0.29, 0.717) is 5.82 Å². The smallest absolute Gasteiger partial charge is 0.160 e. The minimum absolute atomic E-state index is 0.708. The first kappa shape index (κ1) is 29.1. The van der Waals surface area contributed by atoms with Crippen molar-refractivity contribution in [3.05, 3.63) is 194 Å². The molecule has 48 heavy (non-hydrogen) atoms. The van der Waals surface area contributed by atoms with Crippen LogP contribution in [0.2, 0.25) is 0 Å². The highest BCUT2D eigenvalue weighted by atomic mass is 14.9. The lowest BCUT2D eigenvalue weighted by Crippen LogP contribution is -1.96. The molecule has 0 radical (unpaired) electrons. The average Bonchev–Trinajstić information content (AvgIpc) is 3.19. The van der Waals surface area contributed by atoms with Gasteiger partial charge in [0, 0.05) is 16.7 Å². The van der Waals surface area contributed by atoms with Gasteiger partial charge in [0.1, 0.15) is 0 Å². The molecule has 8 rings (SSSR count). The van der Waals surface area contributed by atoms with Gasteiger partial charge in [0.25, 0.3) is 0 Å². The van der Waals surface area contributed by atoms with E-state index in [-0.39, 0.29) is 0 Å². The van der Waals surface area contributed by atoms with Crippen molar-refractivity contribution in [1.29, 1.82) is 0 Å². The topological polar surface area (TPSA) is 25.8 Å². The molecule has 0 fully saturated rings. The van der Waals surface area contributed by atoms with E-state index in [9.17, 15) is 0 Å². The molecule has 0 aliphatic rings. The molecule has 2 nitrogen and oxygen atoms in total. The molecule has 0 saturated carbocycles. The van der Waals surface area contributed by atoms with Crippen LogP contribution in [0.3, 0.4) is 0 Å². The fourth-order valence-electron chi connectivity index (χ4n) is 6.17. The summed E-state index contributed by atoms with van der Waals surface area (Å²) in [4.78, 5) is 10.2. The Kier molecular flexibility index (Phi) is 7.96. The minimum atomic E-state index is 0.708. The maximum atomic E-state index is 5.09. The van der Waals surface area contributed by atoms with Crippen LogP contribution in [0.4, 0.5) is 0 Å². The predicted molar refractivity (Wildman–Crippen MR) is 200 cm³/mol. The highest BCUT2D eigenvalue weighted by Gasteiger charge is 2.12. The van der Waals surface area contributed by atoms with E-state index in [1.807, 2.05) is 18.2 Å².